The zero-order valence-corrected chi connectivity index (χ0v) is 19.4. The largest absolute Gasteiger partial charge is 0.298 e. The maximum atomic E-state index is 14.2. The van der Waals surface area contributed by atoms with Crippen molar-refractivity contribution in [2.45, 2.75) is 20.8 Å². The van der Waals surface area contributed by atoms with Gasteiger partial charge in [-0.2, -0.15) is 0 Å². The molecule has 3 aromatic carbocycles. The normalized spacial score (nSPS) is 29.9. The first kappa shape index (κ1) is 20.8. The molecule has 0 N–H and O–H groups in total. The van der Waals surface area contributed by atoms with Crippen LogP contribution in [-0.2, 0) is 14.4 Å². The minimum absolute atomic E-state index is 0.0297. The van der Waals surface area contributed by atoms with E-state index in [1.165, 1.54) is 4.90 Å². The van der Waals surface area contributed by atoms with E-state index in [1.807, 2.05) is 106 Å². The Hall–Kier alpha value is -3.79. The molecular formula is C30H25NO3. The maximum Gasteiger partial charge on any atom is 0.239 e. The quantitative estimate of drug-likeness (QED) is 0.511. The van der Waals surface area contributed by atoms with Gasteiger partial charge in [-0.3, -0.25) is 14.4 Å². The van der Waals surface area contributed by atoms with Gasteiger partial charge in [-0.05, 0) is 55.2 Å². The van der Waals surface area contributed by atoms with Gasteiger partial charge in [0.15, 0.2) is 5.78 Å². The molecule has 4 atom stereocenters. The number of ketones is 1. The van der Waals surface area contributed by atoms with Gasteiger partial charge in [-0.15, -0.1) is 0 Å². The lowest BCUT2D eigenvalue weighted by Crippen LogP contribution is -2.40. The number of benzene rings is 3. The number of rotatable bonds is 3. The van der Waals surface area contributed by atoms with Gasteiger partial charge in [0, 0.05) is 0 Å². The highest BCUT2D eigenvalue weighted by Crippen LogP contribution is 2.73. The Labute approximate surface area is 198 Å². The fraction of sp³-hybridized carbons (Fsp3) is 0.233. The third-order valence-electron chi connectivity index (χ3n) is 8.20. The number of aryl methyl sites for hydroxylation is 1. The smallest absolute Gasteiger partial charge is 0.239 e. The monoisotopic (exact) mass is 447 g/mol. The van der Waals surface area contributed by atoms with Gasteiger partial charge in [0.2, 0.25) is 11.8 Å². The molecule has 34 heavy (non-hydrogen) atoms. The first-order chi connectivity index (χ1) is 16.3. The molecule has 2 aliphatic carbocycles. The summed E-state index contributed by atoms with van der Waals surface area (Å²) in [6.07, 6.45) is 0. The lowest BCUT2D eigenvalue weighted by molar-refractivity contribution is -0.133. The number of hydrogen-bond donors (Lipinski definition) is 0. The van der Waals surface area contributed by atoms with E-state index in [4.69, 9.17) is 0 Å². The van der Waals surface area contributed by atoms with Crippen LogP contribution in [0.5, 0.6) is 0 Å². The van der Waals surface area contributed by atoms with Crippen molar-refractivity contribution < 1.29 is 14.4 Å². The summed E-state index contributed by atoms with van der Waals surface area (Å²) in [7, 11) is 0. The zero-order valence-electron chi connectivity index (χ0n) is 19.4. The van der Waals surface area contributed by atoms with Gasteiger partial charge in [0.1, 0.15) is 0 Å². The number of hydrogen-bond acceptors (Lipinski definition) is 3. The van der Waals surface area contributed by atoms with Gasteiger partial charge < -0.3 is 0 Å². The van der Waals surface area contributed by atoms with Crippen LogP contribution in [0.4, 0.5) is 5.69 Å². The molecule has 2 fully saturated rings. The number of fused-ring (bicyclic) bond motifs is 5. The summed E-state index contributed by atoms with van der Waals surface area (Å²) in [6.45, 7) is 5.72. The number of allylic oxidation sites excluding steroid dienone is 2. The lowest BCUT2D eigenvalue weighted by Gasteiger charge is -2.35. The average Bonchev–Trinajstić information content (AvgIpc) is 3.30. The Bertz CT molecular complexity index is 1310. The van der Waals surface area contributed by atoms with E-state index in [0.717, 1.165) is 27.8 Å². The summed E-state index contributed by atoms with van der Waals surface area (Å²) < 4.78 is 0. The minimum Gasteiger partial charge on any atom is -0.298 e. The van der Waals surface area contributed by atoms with Crippen LogP contribution in [0.15, 0.2) is 84.9 Å². The van der Waals surface area contributed by atoms with Crippen molar-refractivity contribution in [3.8, 4) is 0 Å². The standard InChI is InChI=1S/C30H25NO3/c1-18-14-16-21(17-15-18)31-26(32)24-25(27(31)33)30(3)23(20-12-8-5-9-13-20)22(29(24,2)28(30)34)19-10-6-4-7-11-19/h4-17,24-25H,1-3H3/t24-,25-,29+,30+/m1/s1. The minimum atomic E-state index is -1.09. The Morgan fingerprint density at radius 2 is 1.03 bits per heavy atom. The molecule has 6 rings (SSSR count). The molecule has 168 valence electrons. The number of nitrogens with zero attached hydrogens (tertiary/aromatic N) is 1. The molecule has 4 nitrogen and oxygen atoms in total. The highest BCUT2D eigenvalue weighted by atomic mass is 16.2. The van der Waals surface area contributed by atoms with E-state index in [1.54, 1.807) is 0 Å². The van der Waals surface area contributed by atoms with Crippen LogP contribution >= 0.6 is 0 Å². The van der Waals surface area contributed by atoms with E-state index in [2.05, 4.69) is 0 Å². The third-order valence-corrected chi connectivity index (χ3v) is 8.20. The molecule has 0 unspecified atom stereocenters. The van der Waals surface area contributed by atoms with Crippen LogP contribution in [0.2, 0.25) is 0 Å². The molecule has 1 saturated carbocycles. The molecule has 1 saturated heterocycles. The van der Waals surface area contributed by atoms with Gasteiger partial charge in [0.25, 0.3) is 0 Å². The summed E-state index contributed by atoms with van der Waals surface area (Å²) in [5.74, 6) is -2.03. The van der Waals surface area contributed by atoms with E-state index >= 15 is 0 Å². The summed E-state index contributed by atoms with van der Waals surface area (Å²) >= 11 is 0. The summed E-state index contributed by atoms with van der Waals surface area (Å²) in [6, 6.07) is 27.1. The molecule has 2 bridgehead atoms. The fourth-order valence-electron chi connectivity index (χ4n) is 6.76. The molecule has 4 heteroatoms. The molecule has 1 heterocycles. The van der Waals surface area contributed by atoms with Gasteiger partial charge in [-0.1, -0.05) is 78.4 Å². The van der Waals surface area contributed by atoms with Crippen molar-refractivity contribution in [1.82, 2.24) is 0 Å². The van der Waals surface area contributed by atoms with Crippen molar-refractivity contribution in [3.05, 3.63) is 102 Å². The topological polar surface area (TPSA) is 54.5 Å². The number of imide groups is 1. The highest BCUT2D eigenvalue weighted by Gasteiger charge is 2.78. The first-order valence-corrected chi connectivity index (χ1v) is 11.7. The second-order valence-electron chi connectivity index (χ2n) is 10.0. The maximum absolute atomic E-state index is 14.2. The van der Waals surface area contributed by atoms with Crippen LogP contribution in [0, 0.1) is 29.6 Å². The Kier molecular flexibility index (Phi) is 4.20. The Morgan fingerprint density at radius 3 is 1.44 bits per heavy atom. The second kappa shape index (κ2) is 6.86. The fourth-order valence-corrected chi connectivity index (χ4v) is 6.76. The molecule has 2 amide bonds. The SMILES string of the molecule is Cc1ccc(N2C(=O)[C@H]3[C@H](C2=O)[C@@]2(C)C(=O)[C@@]3(C)C(c3ccccc3)=C2c2ccccc2)cc1. The van der Waals surface area contributed by atoms with E-state index in [-0.39, 0.29) is 17.6 Å². The number of carbonyl (C=O) groups excluding carboxylic acids is 3. The van der Waals surface area contributed by atoms with Crippen molar-refractivity contribution in [2.24, 2.45) is 22.7 Å². The second-order valence-corrected chi connectivity index (χ2v) is 10.0. The van der Waals surface area contributed by atoms with E-state index in [0.29, 0.717) is 5.69 Å². The van der Waals surface area contributed by atoms with Gasteiger partial charge in [0.05, 0.1) is 28.4 Å². The third kappa shape index (κ3) is 2.35. The highest BCUT2D eigenvalue weighted by molar-refractivity contribution is 6.34. The molecule has 1 aliphatic heterocycles. The average molecular weight is 448 g/mol. The van der Waals surface area contributed by atoms with Crippen molar-refractivity contribution in [1.29, 1.82) is 0 Å². The molecule has 0 spiro atoms. The van der Waals surface area contributed by atoms with Crippen molar-refractivity contribution in [2.75, 3.05) is 4.90 Å². The van der Waals surface area contributed by atoms with Gasteiger partial charge >= 0.3 is 0 Å². The zero-order chi connectivity index (χ0) is 23.8. The Balaban J connectivity index is 1.62. The first-order valence-electron chi connectivity index (χ1n) is 11.7. The van der Waals surface area contributed by atoms with Crippen LogP contribution in [0.3, 0.4) is 0 Å². The predicted octanol–water partition coefficient (Wildman–Crippen LogP) is 5.32. The Morgan fingerprint density at radius 1 is 0.618 bits per heavy atom. The summed E-state index contributed by atoms with van der Waals surface area (Å²) in [4.78, 5) is 43.4. The summed E-state index contributed by atoms with van der Waals surface area (Å²) in [5.41, 5.74) is 3.05. The number of anilines is 1. The van der Waals surface area contributed by atoms with Gasteiger partial charge in [-0.25, -0.2) is 4.90 Å². The van der Waals surface area contributed by atoms with Crippen LogP contribution in [0.1, 0.15) is 30.5 Å². The van der Waals surface area contributed by atoms with Crippen LogP contribution in [-0.4, -0.2) is 17.6 Å². The molecule has 0 aromatic heterocycles. The lowest BCUT2D eigenvalue weighted by atomic mass is 9.63. The van der Waals surface area contributed by atoms with Crippen molar-refractivity contribution >= 4 is 34.4 Å². The van der Waals surface area contributed by atoms with Crippen LogP contribution < -0.4 is 4.90 Å². The van der Waals surface area contributed by atoms with E-state index in [9.17, 15) is 14.4 Å². The van der Waals surface area contributed by atoms with Crippen LogP contribution in [0.25, 0.3) is 11.1 Å². The number of amides is 2. The summed E-state index contributed by atoms with van der Waals surface area (Å²) in [5, 5.41) is 0. The number of carbonyl (C=O) groups is 3. The number of Topliss-reactive ketones (excluding diaryl/α,β-unsaturated/α-hetero) is 1. The molecule has 3 aromatic rings. The predicted molar refractivity (Wildman–Crippen MR) is 132 cm³/mol. The molecule has 3 aliphatic rings. The van der Waals surface area contributed by atoms with Crippen molar-refractivity contribution in [3.63, 3.8) is 0 Å². The van der Waals surface area contributed by atoms with E-state index < -0.39 is 22.7 Å². The molecule has 0 radical (unpaired) electrons. The molecular weight excluding hydrogens is 422 g/mol.